The molecule has 0 aromatic heterocycles. The third-order valence-corrected chi connectivity index (χ3v) is 5.55. The fraction of sp³-hybridized carbons (Fsp3) is 0.500. The van der Waals surface area contributed by atoms with Gasteiger partial charge in [0, 0.05) is 40.2 Å². The highest BCUT2D eigenvalue weighted by Crippen LogP contribution is 2.28. The van der Waals surface area contributed by atoms with Gasteiger partial charge in [-0.25, -0.2) is 9.18 Å². The van der Waals surface area contributed by atoms with Crippen molar-refractivity contribution in [2.45, 2.75) is 13.0 Å². The Labute approximate surface area is 190 Å². The second kappa shape index (κ2) is 10.4. The molecule has 2 aliphatic heterocycles. The molecule has 174 valence electrons. The van der Waals surface area contributed by atoms with E-state index >= 15 is 0 Å². The van der Waals surface area contributed by atoms with E-state index in [0.29, 0.717) is 49.2 Å². The number of anilines is 2. The Morgan fingerprint density at radius 2 is 2.00 bits per heavy atom. The smallest absolute Gasteiger partial charge is 0.414 e. The van der Waals surface area contributed by atoms with Gasteiger partial charge in [0.1, 0.15) is 11.9 Å². The molecule has 0 saturated carbocycles. The van der Waals surface area contributed by atoms with Gasteiger partial charge in [0.05, 0.1) is 24.5 Å². The third kappa shape index (κ3) is 5.75. The number of hydrogen-bond acceptors (Lipinski definition) is 7. The van der Waals surface area contributed by atoms with Crippen molar-refractivity contribution in [3.8, 4) is 0 Å². The van der Waals surface area contributed by atoms with Crippen molar-refractivity contribution in [2.75, 3.05) is 62.7 Å². The van der Waals surface area contributed by atoms with Gasteiger partial charge in [0.2, 0.25) is 0 Å². The molecule has 0 aliphatic carbocycles. The summed E-state index contributed by atoms with van der Waals surface area (Å²) in [6, 6.07) is 4.60. The topological polar surface area (TPSA) is 103 Å². The average molecular weight is 468 g/mol. The van der Waals surface area contributed by atoms with E-state index in [0.717, 1.165) is 0 Å². The maximum absolute atomic E-state index is 14.9. The van der Waals surface area contributed by atoms with Gasteiger partial charge >= 0.3 is 12.1 Å². The molecule has 1 aromatic carbocycles. The number of nitrogens with zero attached hydrogens (tertiary/aromatic N) is 3. The van der Waals surface area contributed by atoms with E-state index in [1.54, 1.807) is 24.1 Å². The van der Waals surface area contributed by atoms with Crippen LogP contribution in [-0.4, -0.2) is 87.0 Å². The molecule has 1 unspecified atom stereocenters. The minimum Gasteiger partial charge on any atom is -0.456 e. The van der Waals surface area contributed by atoms with E-state index in [9.17, 15) is 18.8 Å². The minimum atomic E-state index is -0.542. The number of nitrogens with one attached hydrogen (secondary N) is 2. The normalized spacial score (nSPS) is 18.3. The number of esters is 1. The highest BCUT2D eigenvalue weighted by Gasteiger charge is 2.33. The van der Waals surface area contributed by atoms with E-state index in [-0.39, 0.29) is 19.1 Å². The molecule has 2 fully saturated rings. The quantitative estimate of drug-likeness (QED) is 0.456. The van der Waals surface area contributed by atoms with E-state index in [4.69, 9.17) is 21.7 Å². The molecular weight excluding hydrogens is 441 g/mol. The zero-order chi connectivity index (χ0) is 23.3. The van der Waals surface area contributed by atoms with E-state index in [2.05, 4.69) is 10.6 Å². The van der Waals surface area contributed by atoms with Crippen LogP contribution >= 0.6 is 12.2 Å². The maximum atomic E-state index is 14.9. The molecule has 2 aliphatic rings. The van der Waals surface area contributed by atoms with E-state index < -0.39 is 24.0 Å². The number of thiocarbonyl (C=S) groups is 1. The predicted molar refractivity (Wildman–Crippen MR) is 119 cm³/mol. The van der Waals surface area contributed by atoms with Gasteiger partial charge in [0.25, 0.3) is 5.91 Å². The van der Waals surface area contributed by atoms with Crippen molar-refractivity contribution < 1.29 is 28.2 Å². The summed E-state index contributed by atoms with van der Waals surface area (Å²) in [7, 11) is 1.69. The van der Waals surface area contributed by atoms with Crippen LogP contribution in [0.1, 0.15) is 6.92 Å². The van der Waals surface area contributed by atoms with Crippen molar-refractivity contribution in [3.05, 3.63) is 24.0 Å². The lowest BCUT2D eigenvalue weighted by atomic mass is 10.2. The first-order chi connectivity index (χ1) is 15.3. The summed E-state index contributed by atoms with van der Waals surface area (Å²) in [6.45, 7) is 3.24. The summed E-state index contributed by atoms with van der Waals surface area (Å²) in [5.74, 6) is -1.25. The van der Waals surface area contributed by atoms with E-state index in [1.807, 2.05) is 4.90 Å². The molecular formula is C20H26FN5O5S. The van der Waals surface area contributed by atoms with Gasteiger partial charge in [0.15, 0.2) is 11.7 Å². The number of ether oxygens (including phenoxy) is 2. The number of carbonyl (C=O) groups excluding carboxylic acids is 3. The summed E-state index contributed by atoms with van der Waals surface area (Å²) < 4.78 is 24.9. The Kier molecular flexibility index (Phi) is 7.67. The molecule has 0 bridgehead atoms. The first-order valence-corrected chi connectivity index (χ1v) is 10.6. The molecule has 10 nitrogen and oxygen atoms in total. The molecule has 1 atom stereocenters. The molecule has 32 heavy (non-hydrogen) atoms. The number of halogens is 1. The number of cyclic esters (lactones) is 1. The Bertz CT molecular complexity index is 893. The van der Waals surface area contributed by atoms with Gasteiger partial charge in [-0.15, -0.1) is 0 Å². The lowest BCUT2D eigenvalue weighted by molar-refractivity contribution is -0.150. The summed E-state index contributed by atoms with van der Waals surface area (Å²) >= 11 is 5.01. The zero-order valence-corrected chi connectivity index (χ0v) is 18.7. The fourth-order valence-electron chi connectivity index (χ4n) is 3.51. The molecule has 3 rings (SSSR count). The van der Waals surface area contributed by atoms with Crippen LogP contribution < -0.4 is 20.4 Å². The monoisotopic (exact) mass is 467 g/mol. The highest BCUT2D eigenvalue weighted by atomic mass is 32.1. The number of amides is 2. The highest BCUT2D eigenvalue weighted by molar-refractivity contribution is 7.80. The van der Waals surface area contributed by atoms with Crippen LogP contribution in [0.2, 0.25) is 0 Å². The first kappa shape index (κ1) is 23.5. The van der Waals surface area contributed by atoms with Crippen LogP contribution in [0.25, 0.3) is 0 Å². The predicted octanol–water partition coefficient (Wildman–Crippen LogP) is 0.457. The summed E-state index contributed by atoms with van der Waals surface area (Å²) in [5, 5.41) is 6.16. The van der Waals surface area contributed by atoms with Crippen LogP contribution in [0, 0.1) is 5.82 Å². The van der Waals surface area contributed by atoms with Gasteiger partial charge in [-0.2, -0.15) is 0 Å². The Balaban J connectivity index is 1.57. The molecule has 2 heterocycles. The third-order valence-electron chi connectivity index (χ3n) is 5.21. The van der Waals surface area contributed by atoms with Crippen molar-refractivity contribution in [1.29, 1.82) is 0 Å². The number of benzene rings is 1. The zero-order valence-electron chi connectivity index (χ0n) is 17.9. The molecule has 2 N–H and O–H groups in total. The van der Waals surface area contributed by atoms with Crippen LogP contribution in [0.15, 0.2) is 18.2 Å². The largest absolute Gasteiger partial charge is 0.456 e. The molecule has 1 aromatic rings. The van der Waals surface area contributed by atoms with Gasteiger partial charge < -0.3 is 29.9 Å². The number of hydrogen-bond donors (Lipinski definition) is 2. The molecule has 0 spiro atoms. The lowest BCUT2D eigenvalue weighted by Gasteiger charge is -2.36. The fourth-order valence-corrected chi connectivity index (χ4v) is 3.59. The SMILES string of the molecule is CNC(=S)NCC1CN(c2ccc(N3CCN(C(=O)COC(C)=O)CC3)c(F)c2)C(=O)O1. The maximum Gasteiger partial charge on any atom is 0.414 e. The van der Waals surface area contributed by atoms with Gasteiger partial charge in [-0.05, 0) is 30.4 Å². The van der Waals surface area contributed by atoms with Gasteiger partial charge in [-0.3, -0.25) is 14.5 Å². The van der Waals surface area contributed by atoms with Crippen molar-refractivity contribution in [1.82, 2.24) is 15.5 Å². The van der Waals surface area contributed by atoms with E-state index in [1.165, 1.54) is 17.9 Å². The number of carbonyl (C=O) groups is 3. The Hall–Kier alpha value is -3.15. The molecule has 0 radical (unpaired) electrons. The van der Waals surface area contributed by atoms with Crippen molar-refractivity contribution in [3.63, 3.8) is 0 Å². The average Bonchev–Trinajstić information content (AvgIpc) is 3.16. The first-order valence-electron chi connectivity index (χ1n) is 10.2. The standard InChI is InChI=1S/C20H26FN5O5S/c1-13(27)30-12-18(28)25-7-5-24(6-8-25)17-4-3-14(9-16(17)21)26-11-15(31-20(26)29)10-23-19(32)22-2/h3-4,9,15H,5-8,10-12H2,1-2H3,(H2,22,23,32). The molecule has 2 amide bonds. The summed E-state index contributed by atoms with van der Waals surface area (Å²) in [6.07, 6.45) is -0.951. The Morgan fingerprint density at radius 1 is 1.28 bits per heavy atom. The second-order valence-electron chi connectivity index (χ2n) is 7.36. The van der Waals surface area contributed by atoms with Crippen LogP contribution in [0.5, 0.6) is 0 Å². The lowest BCUT2D eigenvalue weighted by Crippen LogP contribution is -2.50. The summed E-state index contributed by atoms with van der Waals surface area (Å²) in [4.78, 5) is 39.9. The minimum absolute atomic E-state index is 0.275. The van der Waals surface area contributed by atoms with Crippen LogP contribution in [0.3, 0.4) is 0 Å². The van der Waals surface area contributed by atoms with Crippen LogP contribution in [0.4, 0.5) is 20.6 Å². The van der Waals surface area contributed by atoms with Crippen LogP contribution in [-0.2, 0) is 19.1 Å². The van der Waals surface area contributed by atoms with Crippen molar-refractivity contribution in [2.24, 2.45) is 0 Å². The number of rotatable bonds is 6. The van der Waals surface area contributed by atoms with Crippen molar-refractivity contribution >= 4 is 46.7 Å². The second-order valence-corrected chi connectivity index (χ2v) is 7.77. The molecule has 12 heteroatoms. The Morgan fingerprint density at radius 3 is 2.62 bits per heavy atom. The molecule has 2 saturated heterocycles. The number of piperazine rings is 1. The van der Waals surface area contributed by atoms with Gasteiger partial charge in [-0.1, -0.05) is 0 Å². The summed E-state index contributed by atoms with van der Waals surface area (Å²) in [5.41, 5.74) is 0.802.